The SMILES string of the molecule is CCOC(=O)c1csc(Cc2cc(Br)ccc2OCc2c(F)cc(F)cc2F)n1. The fraction of sp³-hybridized carbons (Fsp3) is 0.200. The van der Waals surface area contributed by atoms with Crippen LogP contribution in [-0.4, -0.2) is 17.6 Å². The average molecular weight is 486 g/mol. The molecule has 0 saturated carbocycles. The lowest BCUT2D eigenvalue weighted by molar-refractivity contribution is 0.0520. The minimum atomic E-state index is -1.01. The molecule has 0 saturated heterocycles. The Morgan fingerprint density at radius 3 is 2.59 bits per heavy atom. The van der Waals surface area contributed by atoms with Gasteiger partial charge in [0.2, 0.25) is 0 Å². The lowest BCUT2D eigenvalue weighted by Gasteiger charge is -2.12. The van der Waals surface area contributed by atoms with Crippen LogP contribution in [0.5, 0.6) is 5.75 Å². The van der Waals surface area contributed by atoms with Crippen molar-refractivity contribution < 1.29 is 27.4 Å². The first-order chi connectivity index (χ1) is 13.9. The summed E-state index contributed by atoms with van der Waals surface area (Å²) in [6.07, 6.45) is 0.341. The highest BCUT2D eigenvalue weighted by Crippen LogP contribution is 2.28. The summed E-state index contributed by atoms with van der Waals surface area (Å²) in [5.74, 6) is -3.12. The summed E-state index contributed by atoms with van der Waals surface area (Å²) in [5.41, 5.74) is 0.561. The van der Waals surface area contributed by atoms with Crippen molar-refractivity contribution in [2.24, 2.45) is 0 Å². The van der Waals surface area contributed by atoms with E-state index in [-0.39, 0.29) is 17.9 Å². The van der Waals surface area contributed by atoms with Gasteiger partial charge in [0.1, 0.15) is 29.8 Å². The molecule has 2 aromatic carbocycles. The molecule has 0 bridgehead atoms. The van der Waals surface area contributed by atoms with Gasteiger partial charge in [-0.2, -0.15) is 0 Å². The number of carbonyl (C=O) groups excluding carboxylic acids is 1. The summed E-state index contributed by atoms with van der Waals surface area (Å²) in [7, 11) is 0. The zero-order chi connectivity index (χ0) is 21.0. The second kappa shape index (κ2) is 9.41. The van der Waals surface area contributed by atoms with E-state index in [1.54, 1.807) is 30.5 Å². The van der Waals surface area contributed by atoms with Gasteiger partial charge in [0, 0.05) is 34.0 Å². The zero-order valence-electron chi connectivity index (χ0n) is 15.2. The van der Waals surface area contributed by atoms with E-state index in [1.165, 1.54) is 11.3 Å². The van der Waals surface area contributed by atoms with Gasteiger partial charge in [-0.3, -0.25) is 0 Å². The summed E-state index contributed by atoms with van der Waals surface area (Å²) >= 11 is 4.67. The summed E-state index contributed by atoms with van der Waals surface area (Å²) in [6.45, 7) is 1.56. The van der Waals surface area contributed by atoms with Crippen LogP contribution in [0.1, 0.15) is 33.5 Å². The van der Waals surface area contributed by atoms with E-state index in [0.717, 1.165) is 4.47 Å². The van der Waals surface area contributed by atoms with Gasteiger partial charge >= 0.3 is 5.97 Å². The van der Waals surface area contributed by atoms with Crippen LogP contribution in [-0.2, 0) is 17.8 Å². The molecule has 0 spiro atoms. The number of benzene rings is 2. The lowest BCUT2D eigenvalue weighted by Crippen LogP contribution is -2.06. The number of hydrogen-bond donors (Lipinski definition) is 0. The minimum absolute atomic E-state index is 0.222. The van der Waals surface area contributed by atoms with E-state index < -0.39 is 30.0 Å². The Morgan fingerprint density at radius 1 is 1.17 bits per heavy atom. The largest absolute Gasteiger partial charge is 0.488 e. The zero-order valence-corrected chi connectivity index (χ0v) is 17.6. The van der Waals surface area contributed by atoms with Crippen molar-refractivity contribution in [3.63, 3.8) is 0 Å². The number of nitrogens with zero attached hydrogens (tertiary/aromatic N) is 1. The number of hydrogen-bond acceptors (Lipinski definition) is 5. The fourth-order valence-electron chi connectivity index (χ4n) is 2.54. The van der Waals surface area contributed by atoms with E-state index in [0.29, 0.717) is 34.9 Å². The van der Waals surface area contributed by atoms with Gasteiger partial charge in [-0.05, 0) is 25.1 Å². The van der Waals surface area contributed by atoms with Crippen LogP contribution in [0.25, 0.3) is 0 Å². The van der Waals surface area contributed by atoms with E-state index in [1.807, 2.05) is 0 Å². The average Bonchev–Trinajstić information content (AvgIpc) is 3.11. The smallest absolute Gasteiger partial charge is 0.357 e. The van der Waals surface area contributed by atoms with E-state index in [4.69, 9.17) is 9.47 Å². The van der Waals surface area contributed by atoms with Gasteiger partial charge in [-0.15, -0.1) is 11.3 Å². The van der Waals surface area contributed by atoms with Crippen LogP contribution in [0.3, 0.4) is 0 Å². The Bertz CT molecular complexity index is 1020. The molecule has 3 aromatic rings. The van der Waals surface area contributed by atoms with E-state index >= 15 is 0 Å². The number of thiazole rings is 1. The molecule has 1 aromatic heterocycles. The first-order valence-corrected chi connectivity index (χ1v) is 10.2. The highest BCUT2D eigenvalue weighted by molar-refractivity contribution is 9.10. The van der Waals surface area contributed by atoms with Crippen molar-refractivity contribution >= 4 is 33.2 Å². The maximum atomic E-state index is 13.8. The van der Waals surface area contributed by atoms with Crippen molar-refractivity contribution in [1.82, 2.24) is 4.98 Å². The molecule has 0 radical (unpaired) electrons. The third-order valence-electron chi connectivity index (χ3n) is 3.88. The Kier molecular flexibility index (Phi) is 6.92. The number of esters is 1. The molecule has 0 unspecified atom stereocenters. The second-order valence-electron chi connectivity index (χ2n) is 5.91. The Labute approximate surface area is 177 Å². The van der Waals surface area contributed by atoms with Crippen molar-refractivity contribution in [3.05, 3.63) is 79.5 Å². The summed E-state index contributed by atoms with van der Waals surface area (Å²) in [6, 6.07) is 6.38. The Morgan fingerprint density at radius 2 is 1.90 bits per heavy atom. The number of aromatic nitrogens is 1. The van der Waals surface area contributed by atoms with Crippen molar-refractivity contribution in [1.29, 1.82) is 0 Å². The molecular formula is C20H15BrF3NO3S. The maximum Gasteiger partial charge on any atom is 0.357 e. The Balaban J connectivity index is 1.79. The normalized spacial score (nSPS) is 10.8. The van der Waals surface area contributed by atoms with Crippen LogP contribution in [0.2, 0.25) is 0 Å². The first kappa shape index (κ1) is 21.3. The topological polar surface area (TPSA) is 48.4 Å². The molecule has 0 atom stereocenters. The molecule has 0 aliphatic rings. The number of carbonyl (C=O) groups is 1. The highest BCUT2D eigenvalue weighted by atomic mass is 79.9. The molecule has 0 fully saturated rings. The van der Waals surface area contributed by atoms with Crippen molar-refractivity contribution in [2.45, 2.75) is 20.0 Å². The highest BCUT2D eigenvalue weighted by Gasteiger charge is 2.16. The van der Waals surface area contributed by atoms with Crippen molar-refractivity contribution in [3.8, 4) is 5.75 Å². The van der Waals surface area contributed by atoms with Gasteiger partial charge in [-0.25, -0.2) is 22.9 Å². The van der Waals surface area contributed by atoms with Gasteiger partial charge in [0.05, 0.1) is 17.2 Å². The molecule has 9 heteroatoms. The predicted molar refractivity (Wildman–Crippen MR) is 106 cm³/mol. The van der Waals surface area contributed by atoms with Crippen LogP contribution in [0, 0.1) is 17.5 Å². The Hall–Kier alpha value is -2.39. The quantitative estimate of drug-likeness (QED) is 0.404. The molecule has 0 amide bonds. The summed E-state index contributed by atoms with van der Waals surface area (Å²) in [4.78, 5) is 16.0. The van der Waals surface area contributed by atoms with E-state index in [9.17, 15) is 18.0 Å². The molecule has 152 valence electrons. The third kappa shape index (κ3) is 5.36. The van der Waals surface area contributed by atoms with E-state index in [2.05, 4.69) is 20.9 Å². The van der Waals surface area contributed by atoms with Crippen LogP contribution >= 0.6 is 27.3 Å². The standard InChI is InChI=1S/C20H15BrF3NO3S/c1-2-27-20(26)17-10-29-19(25-17)6-11-5-12(21)3-4-18(11)28-9-14-15(23)7-13(22)8-16(14)24/h3-5,7-8,10H,2,6,9H2,1H3. The molecule has 4 nitrogen and oxygen atoms in total. The van der Waals surface area contributed by atoms with Gasteiger partial charge < -0.3 is 9.47 Å². The van der Waals surface area contributed by atoms with Gasteiger partial charge in [-0.1, -0.05) is 15.9 Å². The minimum Gasteiger partial charge on any atom is -0.488 e. The summed E-state index contributed by atoms with van der Waals surface area (Å²) < 4.78 is 52.1. The molecule has 0 N–H and O–H groups in total. The molecule has 1 heterocycles. The van der Waals surface area contributed by atoms with Crippen molar-refractivity contribution in [2.75, 3.05) is 6.61 Å². The number of halogens is 4. The lowest BCUT2D eigenvalue weighted by atomic mass is 10.1. The third-order valence-corrected chi connectivity index (χ3v) is 5.22. The monoisotopic (exact) mass is 485 g/mol. The maximum absolute atomic E-state index is 13.8. The number of rotatable bonds is 7. The molecule has 0 aliphatic heterocycles. The van der Waals surface area contributed by atoms with Crippen LogP contribution in [0.4, 0.5) is 13.2 Å². The van der Waals surface area contributed by atoms with Crippen LogP contribution < -0.4 is 4.74 Å². The fourth-order valence-corrected chi connectivity index (χ4v) is 3.74. The molecule has 0 aliphatic carbocycles. The number of ether oxygens (including phenoxy) is 2. The molecule has 29 heavy (non-hydrogen) atoms. The first-order valence-electron chi connectivity index (χ1n) is 8.53. The summed E-state index contributed by atoms with van der Waals surface area (Å²) in [5, 5.41) is 2.25. The predicted octanol–water partition coefficient (Wildman–Crippen LogP) is 5.67. The molecule has 3 rings (SSSR count). The van der Waals surface area contributed by atoms with Gasteiger partial charge in [0.25, 0.3) is 0 Å². The second-order valence-corrected chi connectivity index (χ2v) is 7.77. The van der Waals surface area contributed by atoms with Gasteiger partial charge in [0.15, 0.2) is 5.69 Å². The van der Waals surface area contributed by atoms with Crippen LogP contribution in [0.15, 0.2) is 40.2 Å². The molecular weight excluding hydrogens is 471 g/mol.